The monoisotopic (exact) mass is 318 g/mol. The number of aliphatic hydroxyl groups excluding tert-OH is 1. The number of ether oxygens (including phenoxy) is 3. The average molecular weight is 319 g/mol. The molecule has 0 saturated carbocycles. The second-order valence-electron chi connectivity index (χ2n) is 3.45. The smallest absolute Gasteiger partial charge is 0.322 e. The molecule has 100 valence electrons. The summed E-state index contributed by atoms with van der Waals surface area (Å²) < 4.78 is 15.2. The number of aliphatic hydroxyl groups is 1. The summed E-state index contributed by atoms with van der Waals surface area (Å²) >= 11 is 3.16. The lowest BCUT2D eigenvalue weighted by Crippen LogP contribution is -2.23. The molecule has 0 amide bonds. The number of hydrogen-bond acceptors (Lipinski definition) is 5. The maximum atomic E-state index is 11.2. The van der Waals surface area contributed by atoms with Gasteiger partial charge in [0.1, 0.15) is 11.4 Å². The van der Waals surface area contributed by atoms with Gasteiger partial charge in [0.2, 0.25) is 0 Å². The zero-order valence-electron chi connectivity index (χ0n) is 10.2. The van der Waals surface area contributed by atoms with E-state index in [4.69, 9.17) is 14.6 Å². The highest BCUT2D eigenvalue weighted by atomic mass is 79.9. The van der Waals surface area contributed by atoms with Crippen LogP contribution in [0.2, 0.25) is 0 Å². The molecule has 0 spiro atoms. The van der Waals surface area contributed by atoms with E-state index in [9.17, 15) is 4.79 Å². The Kier molecular flexibility index (Phi) is 5.94. The van der Waals surface area contributed by atoms with Crippen LogP contribution in [0.5, 0.6) is 11.5 Å². The minimum atomic E-state index is -0.537. The van der Waals surface area contributed by atoms with Crippen molar-refractivity contribution in [2.75, 3.05) is 20.8 Å². The molecule has 1 N–H and O–H groups in total. The first-order valence-corrected chi connectivity index (χ1v) is 6.16. The maximum Gasteiger partial charge on any atom is 0.322 e. The number of carbonyl (C=O) groups excluding carboxylic acids is 1. The third-order valence-corrected chi connectivity index (χ3v) is 2.89. The summed E-state index contributed by atoms with van der Waals surface area (Å²) in [5.74, 6) is 0.607. The zero-order valence-corrected chi connectivity index (χ0v) is 11.8. The van der Waals surface area contributed by atoms with Crippen LogP contribution < -0.4 is 9.47 Å². The number of methoxy groups -OCH3 is 2. The predicted octanol–water partition coefficient (Wildman–Crippen LogP) is 1.50. The van der Waals surface area contributed by atoms with Crippen molar-refractivity contribution in [3.8, 4) is 11.5 Å². The normalized spacial score (nSPS) is 11.8. The van der Waals surface area contributed by atoms with Crippen LogP contribution in [0, 0.1) is 0 Å². The molecule has 1 aromatic rings. The number of halogens is 1. The standard InChI is InChI=1S/C12H15BrO5/c1-16-11-5-8(6-14)3-4-10(11)18-7-9(13)12(15)17-2/h3-5,9,14H,6-7H2,1-2H3. The third-order valence-electron chi connectivity index (χ3n) is 2.25. The Hall–Kier alpha value is -1.27. The highest BCUT2D eigenvalue weighted by Crippen LogP contribution is 2.28. The van der Waals surface area contributed by atoms with E-state index in [2.05, 4.69) is 20.7 Å². The SMILES string of the molecule is COC(=O)C(Br)COc1ccc(CO)cc1OC. The van der Waals surface area contributed by atoms with Crippen LogP contribution in [-0.2, 0) is 16.1 Å². The van der Waals surface area contributed by atoms with Crippen LogP contribution in [-0.4, -0.2) is 36.7 Å². The van der Waals surface area contributed by atoms with Gasteiger partial charge in [-0.1, -0.05) is 22.0 Å². The van der Waals surface area contributed by atoms with Gasteiger partial charge in [-0.15, -0.1) is 0 Å². The molecule has 18 heavy (non-hydrogen) atoms. The average Bonchev–Trinajstić information content (AvgIpc) is 2.43. The van der Waals surface area contributed by atoms with Crippen molar-refractivity contribution >= 4 is 21.9 Å². The molecule has 0 fully saturated rings. The van der Waals surface area contributed by atoms with Gasteiger partial charge in [0, 0.05) is 0 Å². The van der Waals surface area contributed by atoms with Gasteiger partial charge in [0.15, 0.2) is 11.5 Å². The summed E-state index contributed by atoms with van der Waals surface area (Å²) in [4.78, 5) is 10.6. The Morgan fingerprint density at radius 2 is 2.11 bits per heavy atom. The maximum absolute atomic E-state index is 11.2. The van der Waals surface area contributed by atoms with Crippen molar-refractivity contribution in [1.82, 2.24) is 0 Å². The first kappa shape index (κ1) is 14.8. The lowest BCUT2D eigenvalue weighted by molar-refractivity contribution is -0.140. The highest BCUT2D eigenvalue weighted by Gasteiger charge is 2.17. The van der Waals surface area contributed by atoms with E-state index in [0.29, 0.717) is 11.5 Å². The first-order chi connectivity index (χ1) is 8.62. The van der Waals surface area contributed by atoms with Gasteiger partial charge in [-0.2, -0.15) is 0 Å². The molecule has 1 atom stereocenters. The zero-order chi connectivity index (χ0) is 13.5. The lowest BCUT2D eigenvalue weighted by Gasteiger charge is -2.13. The van der Waals surface area contributed by atoms with E-state index in [1.165, 1.54) is 14.2 Å². The van der Waals surface area contributed by atoms with Crippen molar-refractivity contribution < 1.29 is 24.1 Å². The van der Waals surface area contributed by atoms with Gasteiger partial charge in [-0.25, -0.2) is 0 Å². The number of carbonyl (C=O) groups is 1. The Bertz CT molecular complexity index is 407. The van der Waals surface area contributed by atoms with Crippen LogP contribution in [0.4, 0.5) is 0 Å². The molecule has 6 heteroatoms. The minimum Gasteiger partial charge on any atom is -0.493 e. The van der Waals surface area contributed by atoms with Crippen molar-refractivity contribution in [2.24, 2.45) is 0 Å². The molecule has 0 aliphatic rings. The van der Waals surface area contributed by atoms with Crippen molar-refractivity contribution in [2.45, 2.75) is 11.4 Å². The molecule has 0 saturated heterocycles. The van der Waals surface area contributed by atoms with Gasteiger partial charge in [0.05, 0.1) is 20.8 Å². The Morgan fingerprint density at radius 1 is 1.39 bits per heavy atom. The van der Waals surface area contributed by atoms with Gasteiger partial charge >= 0.3 is 5.97 Å². The van der Waals surface area contributed by atoms with Gasteiger partial charge in [-0.05, 0) is 17.7 Å². The third kappa shape index (κ3) is 3.89. The van der Waals surface area contributed by atoms with Gasteiger partial charge in [-0.3, -0.25) is 4.79 Å². The van der Waals surface area contributed by atoms with Gasteiger partial charge in [0.25, 0.3) is 0 Å². The van der Waals surface area contributed by atoms with E-state index in [1.807, 2.05) is 0 Å². The molecular formula is C12H15BrO5. The van der Waals surface area contributed by atoms with E-state index in [1.54, 1.807) is 18.2 Å². The fourth-order valence-electron chi connectivity index (χ4n) is 1.29. The molecule has 0 heterocycles. The molecule has 0 aliphatic heterocycles. The van der Waals surface area contributed by atoms with Crippen molar-refractivity contribution in [3.05, 3.63) is 23.8 Å². The van der Waals surface area contributed by atoms with Crippen LogP contribution in [0.1, 0.15) is 5.56 Å². The molecule has 5 nitrogen and oxygen atoms in total. The topological polar surface area (TPSA) is 65.0 Å². The van der Waals surface area contributed by atoms with E-state index >= 15 is 0 Å². The summed E-state index contributed by atoms with van der Waals surface area (Å²) in [6.45, 7) is 0.0569. The number of esters is 1. The molecule has 1 aromatic carbocycles. The van der Waals surface area contributed by atoms with Crippen molar-refractivity contribution in [1.29, 1.82) is 0 Å². The first-order valence-electron chi connectivity index (χ1n) is 5.24. The number of rotatable bonds is 6. The largest absolute Gasteiger partial charge is 0.493 e. The van der Waals surface area contributed by atoms with Crippen LogP contribution in [0.3, 0.4) is 0 Å². The number of alkyl halides is 1. The second kappa shape index (κ2) is 7.23. The molecule has 1 unspecified atom stereocenters. The molecule has 0 bridgehead atoms. The molecule has 1 rings (SSSR count). The molecular weight excluding hydrogens is 304 g/mol. The molecule has 0 aromatic heterocycles. The summed E-state index contributed by atoms with van der Waals surface area (Å²) in [5.41, 5.74) is 0.725. The predicted molar refractivity (Wildman–Crippen MR) is 69.1 cm³/mol. The quantitative estimate of drug-likeness (QED) is 0.636. The Labute approximate surface area is 114 Å². The van der Waals surface area contributed by atoms with E-state index in [0.717, 1.165) is 5.56 Å². The van der Waals surface area contributed by atoms with Crippen LogP contribution >= 0.6 is 15.9 Å². The minimum absolute atomic E-state index is 0.0696. The fraction of sp³-hybridized carbons (Fsp3) is 0.417. The number of hydrogen-bond donors (Lipinski definition) is 1. The van der Waals surface area contributed by atoms with Gasteiger partial charge < -0.3 is 19.3 Å². The van der Waals surface area contributed by atoms with E-state index in [-0.39, 0.29) is 13.2 Å². The van der Waals surface area contributed by atoms with Crippen molar-refractivity contribution in [3.63, 3.8) is 0 Å². The fourth-order valence-corrected chi connectivity index (χ4v) is 1.61. The molecule has 0 aliphatic carbocycles. The highest BCUT2D eigenvalue weighted by molar-refractivity contribution is 9.10. The Balaban J connectivity index is 2.69. The summed E-state index contributed by atoms with van der Waals surface area (Å²) in [5, 5.41) is 9.01. The Morgan fingerprint density at radius 3 is 2.67 bits per heavy atom. The van der Waals surface area contributed by atoms with Crippen LogP contribution in [0.15, 0.2) is 18.2 Å². The number of benzene rings is 1. The summed E-state index contributed by atoms with van der Waals surface area (Å²) in [6.07, 6.45) is 0. The summed E-state index contributed by atoms with van der Waals surface area (Å²) in [7, 11) is 2.82. The second-order valence-corrected chi connectivity index (χ2v) is 4.55. The lowest BCUT2D eigenvalue weighted by atomic mass is 10.2. The van der Waals surface area contributed by atoms with E-state index < -0.39 is 10.8 Å². The summed E-state index contributed by atoms with van der Waals surface area (Å²) in [6, 6.07) is 5.08. The molecule has 0 radical (unpaired) electrons. The van der Waals surface area contributed by atoms with Crippen LogP contribution in [0.25, 0.3) is 0 Å².